The zero-order valence-electron chi connectivity index (χ0n) is 7.20. The summed E-state index contributed by atoms with van der Waals surface area (Å²) < 4.78 is 4.50. The summed E-state index contributed by atoms with van der Waals surface area (Å²) in [5.74, 6) is -0.498. The maximum atomic E-state index is 11.2. The summed E-state index contributed by atoms with van der Waals surface area (Å²) in [4.78, 5) is 11.2. The molecule has 1 rings (SSSR count). The zero-order valence-corrected chi connectivity index (χ0v) is 7.20. The molecule has 0 aromatic heterocycles. The van der Waals surface area contributed by atoms with Gasteiger partial charge < -0.3 is 4.74 Å². The second kappa shape index (κ2) is 3.73. The van der Waals surface area contributed by atoms with E-state index in [1.165, 1.54) is 7.11 Å². The van der Waals surface area contributed by atoms with Crippen molar-refractivity contribution in [1.82, 2.24) is 0 Å². The Morgan fingerprint density at radius 1 is 1.38 bits per heavy atom. The molecule has 4 heteroatoms. The maximum Gasteiger partial charge on any atom is 0.336 e. The van der Waals surface area contributed by atoms with Gasteiger partial charge in [-0.2, -0.15) is 10.5 Å². The van der Waals surface area contributed by atoms with E-state index in [9.17, 15) is 4.79 Å². The molecule has 1 aliphatic carbocycles. The van der Waals surface area contributed by atoms with Crippen LogP contribution in [0.1, 0.15) is 12.8 Å². The minimum atomic E-state index is -0.555. The third-order valence-electron chi connectivity index (χ3n) is 1.88. The van der Waals surface area contributed by atoms with Crippen LogP contribution in [-0.2, 0) is 9.53 Å². The Balaban J connectivity index is 3.04. The SMILES string of the molecule is COC(=O)C(=C(C#N)C#N)C1CC1. The van der Waals surface area contributed by atoms with Gasteiger partial charge in [-0.3, -0.25) is 0 Å². The molecule has 0 amide bonds. The number of carbonyl (C=O) groups is 1. The highest BCUT2D eigenvalue weighted by Crippen LogP contribution is 2.38. The van der Waals surface area contributed by atoms with Crippen LogP contribution in [-0.4, -0.2) is 13.1 Å². The molecule has 0 heterocycles. The van der Waals surface area contributed by atoms with Gasteiger partial charge in [0.25, 0.3) is 0 Å². The minimum Gasteiger partial charge on any atom is -0.466 e. The normalized spacial score (nSPS) is 13.8. The Bertz CT molecular complexity index is 324. The number of methoxy groups -OCH3 is 1. The Kier molecular flexibility index (Phi) is 2.66. The van der Waals surface area contributed by atoms with Gasteiger partial charge in [-0.05, 0) is 18.8 Å². The first kappa shape index (κ1) is 9.28. The number of nitriles is 2. The summed E-state index contributed by atoms with van der Waals surface area (Å²) in [6.07, 6.45) is 1.72. The average Bonchev–Trinajstić information content (AvgIpc) is 2.96. The topological polar surface area (TPSA) is 73.9 Å². The van der Waals surface area contributed by atoms with Crippen LogP contribution >= 0.6 is 0 Å². The molecule has 1 aliphatic rings. The van der Waals surface area contributed by atoms with Gasteiger partial charge in [0.1, 0.15) is 17.7 Å². The van der Waals surface area contributed by atoms with Crippen LogP contribution in [0.2, 0.25) is 0 Å². The van der Waals surface area contributed by atoms with E-state index in [1.54, 1.807) is 12.1 Å². The molecule has 0 aromatic rings. The Morgan fingerprint density at radius 2 is 1.92 bits per heavy atom. The highest BCUT2D eigenvalue weighted by molar-refractivity contribution is 5.92. The lowest BCUT2D eigenvalue weighted by Gasteiger charge is -2.01. The summed E-state index contributed by atoms with van der Waals surface area (Å²) in [5, 5.41) is 17.2. The quantitative estimate of drug-likeness (QED) is 0.356. The molecular formula is C9H8N2O2. The third kappa shape index (κ3) is 1.86. The molecule has 66 valence electrons. The fourth-order valence-electron chi connectivity index (χ4n) is 1.10. The summed E-state index contributed by atoms with van der Waals surface area (Å²) in [6, 6.07) is 3.41. The van der Waals surface area contributed by atoms with Crippen molar-refractivity contribution in [1.29, 1.82) is 10.5 Å². The highest BCUT2D eigenvalue weighted by atomic mass is 16.5. The summed E-state index contributed by atoms with van der Waals surface area (Å²) in [6.45, 7) is 0. The number of carbonyl (C=O) groups excluding carboxylic acids is 1. The van der Waals surface area contributed by atoms with Gasteiger partial charge in [0, 0.05) is 0 Å². The van der Waals surface area contributed by atoms with Crippen molar-refractivity contribution in [3.63, 3.8) is 0 Å². The molecule has 0 N–H and O–H groups in total. The molecule has 0 spiro atoms. The van der Waals surface area contributed by atoms with Crippen molar-refractivity contribution in [3.8, 4) is 12.1 Å². The van der Waals surface area contributed by atoms with E-state index < -0.39 is 5.97 Å². The van der Waals surface area contributed by atoms with Crippen LogP contribution in [0.3, 0.4) is 0 Å². The van der Waals surface area contributed by atoms with E-state index in [-0.39, 0.29) is 17.1 Å². The lowest BCUT2D eigenvalue weighted by atomic mass is 10.1. The Morgan fingerprint density at radius 3 is 2.23 bits per heavy atom. The lowest BCUT2D eigenvalue weighted by Crippen LogP contribution is -2.08. The van der Waals surface area contributed by atoms with Gasteiger partial charge in [-0.1, -0.05) is 0 Å². The molecule has 4 nitrogen and oxygen atoms in total. The first-order chi connectivity index (χ1) is 6.24. The van der Waals surface area contributed by atoms with Gasteiger partial charge in [0.05, 0.1) is 12.7 Å². The molecule has 0 saturated heterocycles. The Hall–Kier alpha value is -1.81. The van der Waals surface area contributed by atoms with E-state index in [0.29, 0.717) is 0 Å². The van der Waals surface area contributed by atoms with Crippen LogP contribution in [0.5, 0.6) is 0 Å². The van der Waals surface area contributed by atoms with Crippen molar-refractivity contribution in [2.24, 2.45) is 5.92 Å². The van der Waals surface area contributed by atoms with Gasteiger partial charge in [0.15, 0.2) is 0 Å². The second-order valence-electron chi connectivity index (χ2n) is 2.78. The molecule has 0 aromatic carbocycles. The summed E-state index contributed by atoms with van der Waals surface area (Å²) in [5.41, 5.74) is 0.127. The van der Waals surface area contributed by atoms with Crippen molar-refractivity contribution in [3.05, 3.63) is 11.1 Å². The summed E-state index contributed by atoms with van der Waals surface area (Å²) >= 11 is 0. The van der Waals surface area contributed by atoms with Crippen molar-refractivity contribution < 1.29 is 9.53 Å². The monoisotopic (exact) mass is 176 g/mol. The van der Waals surface area contributed by atoms with E-state index >= 15 is 0 Å². The van der Waals surface area contributed by atoms with Crippen molar-refractivity contribution >= 4 is 5.97 Å². The molecule has 13 heavy (non-hydrogen) atoms. The first-order valence-corrected chi connectivity index (χ1v) is 3.87. The number of nitrogens with zero attached hydrogens (tertiary/aromatic N) is 2. The standard InChI is InChI=1S/C9H8N2O2/c1-13-9(12)8(6-2-3-6)7(4-10)5-11/h6H,2-3H2,1H3. The molecule has 0 aliphatic heterocycles. The van der Waals surface area contributed by atoms with Gasteiger partial charge in [-0.25, -0.2) is 4.79 Å². The van der Waals surface area contributed by atoms with Crippen LogP contribution in [0.4, 0.5) is 0 Å². The molecule has 0 radical (unpaired) electrons. The largest absolute Gasteiger partial charge is 0.466 e. The van der Waals surface area contributed by atoms with E-state index in [0.717, 1.165) is 12.8 Å². The lowest BCUT2D eigenvalue weighted by molar-refractivity contribution is -0.136. The molecule has 0 bridgehead atoms. The fraction of sp³-hybridized carbons (Fsp3) is 0.444. The summed E-state index contributed by atoms with van der Waals surface area (Å²) in [7, 11) is 1.25. The van der Waals surface area contributed by atoms with Crippen molar-refractivity contribution in [2.45, 2.75) is 12.8 Å². The number of rotatable bonds is 2. The number of hydrogen-bond donors (Lipinski definition) is 0. The molecule has 0 unspecified atom stereocenters. The van der Waals surface area contributed by atoms with Crippen LogP contribution in [0.25, 0.3) is 0 Å². The smallest absolute Gasteiger partial charge is 0.336 e. The fourth-order valence-corrected chi connectivity index (χ4v) is 1.10. The van der Waals surface area contributed by atoms with E-state index in [2.05, 4.69) is 4.74 Å². The number of esters is 1. The molecule has 1 fully saturated rings. The maximum absolute atomic E-state index is 11.2. The number of ether oxygens (including phenoxy) is 1. The third-order valence-corrected chi connectivity index (χ3v) is 1.88. The minimum absolute atomic E-state index is 0.0572. The van der Waals surface area contributed by atoms with E-state index in [4.69, 9.17) is 10.5 Å². The highest BCUT2D eigenvalue weighted by Gasteiger charge is 2.34. The van der Waals surface area contributed by atoms with Gasteiger partial charge in [-0.15, -0.1) is 0 Å². The number of hydrogen-bond acceptors (Lipinski definition) is 4. The number of allylic oxidation sites excluding steroid dienone is 1. The van der Waals surface area contributed by atoms with Crippen LogP contribution in [0.15, 0.2) is 11.1 Å². The molecule has 1 saturated carbocycles. The first-order valence-electron chi connectivity index (χ1n) is 3.87. The van der Waals surface area contributed by atoms with Gasteiger partial charge in [0.2, 0.25) is 0 Å². The molecule has 0 atom stereocenters. The average molecular weight is 176 g/mol. The zero-order chi connectivity index (χ0) is 9.84. The Labute approximate surface area is 76.0 Å². The van der Waals surface area contributed by atoms with Gasteiger partial charge >= 0.3 is 5.97 Å². The van der Waals surface area contributed by atoms with E-state index in [1.807, 2.05) is 0 Å². The van der Waals surface area contributed by atoms with Crippen molar-refractivity contribution in [2.75, 3.05) is 7.11 Å². The predicted octanol–water partition coefficient (Wildman–Crippen LogP) is 0.913. The second-order valence-corrected chi connectivity index (χ2v) is 2.78. The van der Waals surface area contributed by atoms with Crippen LogP contribution < -0.4 is 0 Å². The molecular weight excluding hydrogens is 168 g/mol. The predicted molar refractivity (Wildman–Crippen MR) is 43.0 cm³/mol. The van der Waals surface area contributed by atoms with Crippen LogP contribution in [0, 0.1) is 28.6 Å².